The number of nitrogens with two attached hydrogens (primary N) is 1. The van der Waals surface area contributed by atoms with Crippen LogP contribution in [-0.2, 0) is 13.0 Å². The normalized spacial score (nSPS) is 16.9. The Balaban J connectivity index is 2.50. The van der Waals surface area contributed by atoms with Crippen LogP contribution in [0.15, 0.2) is 0 Å². The highest BCUT2D eigenvalue weighted by Crippen LogP contribution is 2.23. The van der Waals surface area contributed by atoms with Crippen molar-refractivity contribution in [1.82, 2.24) is 9.55 Å². The van der Waals surface area contributed by atoms with Gasteiger partial charge in [-0.3, -0.25) is 0 Å². The van der Waals surface area contributed by atoms with Crippen molar-refractivity contribution in [3.8, 4) is 0 Å². The first kappa shape index (κ1) is 11.1. The molecule has 88 valence electrons. The highest BCUT2D eigenvalue weighted by molar-refractivity contribution is 5.87. The van der Waals surface area contributed by atoms with Gasteiger partial charge in [0.25, 0.3) is 0 Å². The number of hydrogen-bond donors (Lipinski definition) is 3. The van der Waals surface area contributed by atoms with Gasteiger partial charge in [0.05, 0.1) is 18.3 Å². The average Bonchev–Trinajstić information content (AvgIpc) is 2.67. The third-order valence-electron chi connectivity index (χ3n) is 2.88. The number of aromatic carboxylic acids is 1. The van der Waals surface area contributed by atoms with E-state index >= 15 is 0 Å². The number of aliphatic hydroxyl groups is 1. The van der Waals surface area contributed by atoms with Crippen LogP contribution in [0.3, 0.4) is 0 Å². The first-order chi connectivity index (χ1) is 7.65. The summed E-state index contributed by atoms with van der Waals surface area (Å²) in [6, 6.07) is -0.607. The van der Waals surface area contributed by atoms with Gasteiger partial charge in [-0.2, -0.15) is 0 Å². The maximum Gasteiger partial charge on any atom is 0.356 e. The zero-order chi connectivity index (χ0) is 11.7. The first-order valence-corrected chi connectivity index (χ1v) is 5.34. The van der Waals surface area contributed by atoms with E-state index in [1.54, 1.807) is 0 Å². The summed E-state index contributed by atoms with van der Waals surface area (Å²) in [5, 5.41) is 18.0. The van der Waals surface area contributed by atoms with Crippen molar-refractivity contribution >= 4 is 5.97 Å². The van der Waals surface area contributed by atoms with Crippen LogP contribution >= 0.6 is 0 Å². The maximum absolute atomic E-state index is 11.0. The van der Waals surface area contributed by atoms with Crippen molar-refractivity contribution in [2.75, 3.05) is 6.61 Å². The van der Waals surface area contributed by atoms with Crippen LogP contribution in [0.5, 0.6) is 0 Å². The zero-order valence-electron chi connectivity index (χ0n) is 8.89. The van der Waals surface area contributed by atoms with Crippen LogP contribution in [0.4, 0.5) is 0 Å². The minimum absolute atomic E-state index is 0.0820. The Morgan fingerprint density at radius 3 is 2.94 bits per heavy atom. The molecule has 4 N–H and O–H groups in total. The third kappa shape index (κ3) is 1.70. The second-order valence-corrected chi connectivity index (χ2v) is 3.97. The fourth-order valence-electron chi connectivity index (χ4n) is 2.11. The second-order valence-electron chi connectivity index (χ2n) is 3.97. The molecule has 0 spiro atoms. The molecule has 1 aliphatic rings. The number of imidazole rings is 1. The summed E-state index contributed by atoms with van der Waals surface area (Å²) in [6.45, 7) is 0.508. The van der Waals surface area contributed by atoms with E-state index in [1.165, 1.54) is 0 Å². The standard InChI is InChI=1S/C10H15N3O3/c11-6(5-14)9-12-8(10(15)16)7-3-1-2-4-13(7)9/h6,14H,1-5,11H2,(H,15,16). The van der Waals surface area contributed by atoms with Gasteiger partial charge in [-0.05, 0) is 19.3 Å². The van der Waals surface area contributed by atoms with E-state index in [0.717, 1.165) is 25.1 Å². The third-order valence-corrected chi connectivity index (χ3v) is 2.88. The van der Waals surface area contributed by atoms with Gasteiger partial charge in [0.2, 0.25) is 0 Å². The Labute approximate surface area is 92.7 Å². The molecule has 2 rings (SSSR count). The average molecular weight is 225 g/mol. The van der Waals surface area contributed by atoms with Crippen LogP contribution in [0.25, 0.3) is 0 Å². The molecule has 16 heavy (non-hydrogen) atoms. The first-order valence-electron chi connectivity index (χ1n) is 5.34. The van der Waals surface area contributed by atoms with Gasteiger partial charge >= 0.3 is 5.97 Å². The monoisotopic (exact) mass is 225 g/mol. The Hall–Kier alpha value is -1.40. The Morgan fingerprint density at radius 1 is 1.56 bits per heavy atom. The lowest BCUT2D eigenvalue weighted by atomic mass is 10.1. The van der Waals surface area contributed by atoms with Crippen molar-refractivity contribution in [2.45, 2.75) is 31.8 Å². The predicted octanol–water partition coefficient (Wildman–Crippen LogP) is -0.0903. The number of fused-ring (bicyclic) bond motifs is 1. The number of rotatable bonds is 3. The smallest absolute Gasteiger partial charge is 0.356 e. The molecule has 0 aliphatic carbocycles. The molecule has 1 aromatic heterocycles. The molecule has 6 heteroatoms. The summed E-state index contributed by atoms with van der Waals surface area (Å²) in [6.07, 6.45) is 2.68. The molecule has 0 radical (unpaired) electrons. The number of aliphatic hydroxyl groups excluding tert-OH is 1. The minimum Gasteiger partial charge on any atom is -0.476 e. The highest BCUT2D eigenvalue weighted by atomic mass is 16.4. The number of nitrogens with zero attached hydrogens (tertiary/aromatic N) is 2. The van der Waals surface area contributed by atoms with E-state index in [1.807, 2.05) is 4.57 Å². The SMILES string of the molecule is NC(CO)c1nc(C(=O)O)c2n1CCCC2. The summed E-state index contributed by atoms with van der Waals surface area (Å²) < 4.78 is 1.84. The Kier molecular flexibility index (Phi) is 2.93. The predicted molar refractivity (Wildman–Crippen MR) is 56.1 cm³/mol. The van der Waals surface area contributed by atoms with Gasteiger partial charge in [-0.15, -0.1) is 0 Å². The zero-order valence-corrected chi connectivity index (χ0v) is 8.89. The van der Waals surface area contributed by atoms with Crippen molar-refractivity contribution < 1.29 is 15.0 Å². The van der Waals surface area contributed by atoms with Gasteiger partial charge in [-0.1, -0.05) is 0 Å². The van der Waals surface area contributed by atoms with Crippen molar-refractivity contribution in [3.63, 3.8) is 0 Å². The number of aromatic nitrogens is 2. The summed E-state index contributed by atoms with van der Waals surface area (Å²) in [4.78, 5) is 15.1. The maximum atomic E-state index is 11.0. The largest absolute Gasteiger partial charge is 0.476 e. The van der Waals surface area contributed by atoms with Crippen LogP contribution in [-0.4, -0.2) is 32.3 Å². The Bertz CT molecular complexity index is 414. The van der Waals surface area contributed by atoms with Crippen LogP contribution in [0.2, 0.25) is 0 Å². The van der Waals surface area contributed by atoms with Gasteiger partial charge in [0.15, 0.2) is 5.69 Å². The second kappa shape index (κ2) is 4.23. The number of hydrogen-bond acceptors (Lipinski definition) is 4. The molecule has 0 fully saturated rings. The molecule has 0 saturated heterocycles. The summed E-state index contributed by atoms with van der Waals surface area (Å²) in [7, 11) is 0. The minimum atomic E-state index is -1.03. The molecule has 1 unspecified atom stereocenters. The topological polar surface area (TPSA) is 101 Å². The van der Waals surface area contributed by atoms with E-state index in [-0.39, 0.29) is 12.3 Å². The quantitative estimate of drug-likeness (QED) is 0.667. The van der Waals surface area contributed by atoms with E-state index in [9.17, 15) is 4.79 Å². The fourth-order valence-corrected chi connectivity index (χ4v) is 2.11. The molecule has 1 aliphatic heterocycles. The molecule has 1 atom stereocenters. The van der Waals surface area contributed by atoms with Gasteiger partial charge in [0.1, 0.15) is 5.82 Å². The number of carboxylic acid groups (broad SMARTS) is 1. The molecule has 0 bridgehead atoms. The molecule has 1 aromatic rings. The summed E-state index contributed by atoms with van der Waals surface area (Å²) in [5.74, 6) is -0.545. The summed E-state index contributed by atoms with van der Waals surface area (Å²) in [5.41, 5.74) is 6.52. The molecule has 0 saturated carbocycles. The van der Waals surface area contributed by atoms with Crippen molar-refractivity contribution in [3.05, 3.63) is 17.2 Å². The number of carbonyl (C=O) groups is 1. The fraction of sp³-hybridized carbons (Fsp3) is 0.600. The van der Waals surface area contributed by atoms with E-state index < -0.39 is 12.0 Å². The molecule has 0 amide bonds. The van der Waals surface area contributed by atoms with E-state index in [4.69, 9.17) is 15.9 Å². The van der Waals surface area contributed by atoms with E-state index in [2.05, 4.69) is 4.98 Å². The van der Waals surface area contributed by atoms with Crippen LogP contribution in [0.1, 0.15) is 40.9 Å². The van der Waals surface area contributed by atoms with Crippen LogP contribution in [0, 0.1) is 0 Å². The molecule has 2 heterocycles. The number of carboxylic acids is 1. The molecular weight excluding hydrogens is 210 g/mol. The lowest BCUT2D eigenvalue weighted by molar-refractivity contribution is 0.0689. The summed E-state index contributed by atoms with van der Waals surface area (Å²) >= 11 is 0. The Morgan fingerprint density at radius 2 is 2.31 bits per heavy atom. The van der Waals surface area contributed by atoms with Gasteiger partial charge < -0.3 is 20.5 Å². The molecule has 0 aromatic carbocycles. The van der Waals surface area contributed by atoms with Gasteiger partial charge in [0, 0.05) is 6.54 Å². The van der Waals surface area contributed by atoms with Gasteiger partial charge in [-0.25, -0.2) is 9.78 Å². The van der Waals surface area contributed by atoms with E-state index in [0.29, 0.717) is 12.2 Å². The van der Waals surface area contributed by atoms with Crippen molar-refractivity contribution in [2.24, 2.45) is 5.73 Å². The lowest BCUT2D eigenvalue weighted by Crippen LogP contribution is -2.22. The van der Waals surface area contributed by atoms with Crippen LogP contribution < -0.4 is 5.73 Å². The molecular formula is C10H15N3O3. The van der Waals surface area contributed by atoms with Crippen molar-refractivity contribution in [1.29, 1.82) is 0 Å². The highest BCUT2D eigenvalue weighted by Gasteiger charge is 2.26. The lowest BCUT2D eigenvalue weighted by Gasteiger charge is -2.18. The molecule has 6 nitrogen and oxygen atoms in total.